The van der Waals surface area contributed by atoms with Crippen LogP contribution >= 0.6 is 11.6 Å². The smallest absolute Gasteiger partial charge is 0.251 e. The number of ether oxygens (including phenoxy) is 9. The van der Waals surface area contributed by atoms with Gasteiger partial charge in [-0.2, -0.15) is 50.1 Å². The van der Waals surface area contributed by atoms with Crippen LogP contribution < -0.4 is 70.4 Å². The van der Waals surface area contributed by atoms with Crippen molar-refractivity contribution in [1.29, 1.82) is 0 Å². The molecule has 41 nitrogen and oxygen atoms in total. The lowest BCUT2D eigenvalue weighted by atomic mass is 9.99. The van der Waals surface area contributed by atoms with Crippen molar-refractivity contribution < 1.29 is 65.8 Å². The van der Waals surface area contributed by atoms with Crippen molar-refractivity contribution in [2.75, 3.05) is 118 Å². The van der Waals surface area contributed by atoms with E-state index in [1.165, 1.54) is 11.1 Å². The zero-order valence-electron chi connectivity index (χ0n) is 80.8. The average molecular weight is 1960 g/mol. The minimum atomic E-state index is -0.198. The summed E-state index contributed by atoms with van der Waals surface area (Å²) < 4.78 is 65.5. The average Bonchev–Trinajstić information content (AvgIpc) is 1.64. The molecular weight excluding hydrogens is 1850 g/mol. The van der Waals surface area contributed by atoms with Crippen molar-refractivity contribution in [3.63, 3.8) is 0 Å². The van der Waals surface area contributed by atoms with Crippen molar-refractivity contribution >= 4 is 148 Å². The lowest BCUT2D eigenvalue weighted by Crippen LogP contribution is -2.57. The number of nitrogens with one attached hydrogen (secondary N) is 11. The van der Waals surface area contributed by atoms with Gasteiger partial charge in [0, 0.05) is 141 Å². The molecule has 1 saturated carbocycles. The number of aryl methyl sites for hydroxylation is 5. The number of aromatic amines is 4. The van der Waals surface area contributed by atoms with Gasteiger partial charge < -0.3 is 114 Å². The fraction of sp³-hybridized carbons (Fsp3) is 0.287. The predicted octanol–water partition coefficient (Wildman–Crippen LogP) is 16.5. The van der Waals surface area contributed by atoms with Crippen LogP contribution in [0, 0.1) is 20.8 Å². The van der Waals surface area contributed by atoms with E-state index in [2.05, 4.69) is 125 Å². The van der Waals surface area contributed by atoms with E-state index in [9.17, 15) is 14.4 Å². The fourth-order valence-corrected chi connectivity index (χ4v) is 17.8. The van der Waals surface area contributed by atoms with E-state index in [0.717, 1.165) is 133 Å². The summed E-state index contributed by atoms with van der Waals surface area (Å²) in [5.41, 5.74) is 21.5. The van der Waals surface area contributed by atoms with Gasteiger partial charge in [0.1, 0.15) is 63.6 Å². The molecule has 3 aliphatic heterocycles. The van der Waals surface area contributed by atoms with Gasteiger partial charge in [0.15, 0.2) is 28.1 Å². The molecule has 0 spiro atoms. The lowest BCUT2D eigenvalue weighted by Gasteiger charge is -2.36. The normalized spacial score (nSPS) is 13.5. The van der Waals surface area contributed by atoms with E-state index in [4.69, 9.17) is 83.0 Å². The minimum absolute atomic E-state index is 0.0463. The number of rotatable bonds is 29. The second kappa shape index (κ2) is 41.3. The zero-order chi connectivity index (χ0) is 99.4. The number of aliphatic imine (C=N–C) groups is 1. The minimum Gasteiger partial charge on any atom is -0.495 e. The summed E-state index contributed by atoms with van der Waals surface area (Å²) in [6.07, 6.45) is 15.7. The van der Waals surface area contributed by atoms with Crippen LogP contribution in [-0.4, -0.2) is 232 Å². The SMILES string of the molecule is CCn1ncc(Nc2nc(OC3CCCC3)c3c(-c4ccc5nc(C)oc5c4)c[nH]c3n2)c1Cl.CNC(=O)c1ccc(Nc2nc(OC)c3c(-c4ccc5c(c4)CN=C5C)c[nH]c3n2)c(OC)c1.COCCOc1nc(Nc2ccc(C(=O)NC3CN(C)C3)cc2OC)nc2[nH]cc(-c3ccc4nc(C)oc4c3)c12.COc1cc(C(=O)NC2COC2)ccc1Nc1nc(OC)c2c(-c3cn(C)nc3C)c[nH]c2n1. The number of halogens is 1. The number of carbonyl (C=O) groups excluding carboxylic acids is 3. The van der Waals surface area contributed by atoms with Gasteiger partial charge >= 0.3 is 0 Å². The number of nitrogens with zero attached hydrogens (tertiary/aromatic N) is 16. The molecule has 22 rings (SSSR count). The van der Waals surface area contributed by atoms with Crippen LogP contribution in [0.2, 0.25) is 5.15 Å². The van der Waals surface area contributed by atoms with Crippen LogP contribution in [0.5, 0.6) is 40.8 Å². The molecule has 15 heterocycles. The Kier molecular flexibility index (Phi) is 27.5. The molecule has 3 fully saturated rings. The predicted molar refractivity (Wildman–Crippen MR) is 542 cm³/mol. The molecule has 4 aliphatic rings. The first kappa shape index (κ1) is 95.1. The number of hydrogen-bond donors (Lipinski definition) is 11. The molecular formula is C101H104ClN27O14. The standard InChI is InChI=1S/C29H31N7O5.C25H24N6O3.C24H24ClN7O2.C23H25N7O4/c1-16-31-22-7-5-17(11-24(22)41-16)20-13-30-26-25(20)28(40-10-9-38-3)35-29(34-26)33-21-8-6-18(12-23(21)39-4)27(37)32-19-14-36(2)15-19;1-13-17-7-5-14(9-16(17)11-27-13)18-12-28-22-21(18)24(34-4)31-25(30-22)29-19-8-6-15(23(32)26-2)10-20(19)33-3;1-3-32-21(25)18(12-27-32)29-24-30-22-20(23(31-24)34-15-6-4-5-7-15)16(11-26-22)14-8-9-17-19(10-14)33-13(2)28-17;1-12-16(9-30(2)29-12)15-8-24-20-19(15)22(33-4)28-23(27-20)26-17-6-5-13(7-18(17)32-3)21(31)25-14-10-34-11-14/h5-8,11-13,19H,9-10,14-15H2,1-4H3,(H,32,37)(H2,30,33,34,35);5-10,12H,11H2,1-4H3,(H,26,32)(H2,28,29,30,31);8-12,15H,3-7H2,1-2H3,(H2,26,29,30,31);5-9,14H,10-11H2,1-4H3,(H,25,31)(H2,24,26,27,28). The summed E-state index contributed by atoms with van der Waals surface area (Å²) in [5.74, 6) is 5.34. The summed E-state index contributed by atoms with van der Waals surface area (Å²) in [7, 11) is 14.9. The molecule has 6 aromatic carbocycles. The maximum absolute atomic E-state index is 12.7. The van der Waals surface area contributed by atoms with Crippen LogP contribution in [0.4, 0.5) is 46.5 Å². The molecule has 0 bridgehead atoms. The highest BCUT2D eigenvalue weighted by Gasteiger charge is 2.31. The third-order valence-corrected chi connectivity index (χ3v) is 25.1. The first-order valence-electron chi connectivity index (χ1n) is 46.3. The van der Waals surface area contributed by atoms with Crippen LogP contribution in [-0.2, 0) is 29.6 Å². The molecule has 0 radical (unpaired) electrons. The summed E-state index contributed by atoms with van der Waals surface area (Å²) in [6.45, 7) is 14.4. The topological polar surface area (TPSA) is 488 Å². The summed E-state index contributed by atoms with van der Waals surface area (Å²) >= 11 is 6.43. The van der Waals surface area contributed by atoms with Crippen molar-refractivity contribution in [1.82, 2.24) is 110 Å². The van der Waals surface area contributed by atoms with Crippen molar-refractivity contribution in [3.8, 4) is 85.3 Å². The second-order valence-electron chi connectivity index (χ2n) is 34.4. The molecule has 0 unspecified atom stereocenters. The van der Waals surface area contributed by atoms with Crippen LogP contribution in [0.1, 0.15) is 99.2 Å². The van der Waals surface area contributed by atoms with E-state index in [1.54, 1.807) is 120 Å². The number of likely N-dealkylation sites (tertiary alicyclic amines) is 1. The van der Waals surface area contributed by atoms with E-state index in [0.29, 0.717) is 189 Å². The molecule has 12 aromatic heterocycles. The van der Waals surface area contributed by atoms with Gasteiger partial charge in [0.2, 0.25) is 47.3 Å². The molecule has 3 amide bonds. The Labute approximate surface area is 822 Å². The second-order valence-corrected chi connectivity index (χ2v) is 34.7. The Morgan fingerprint density at radius 3 is 1.41 bits per heavy atom. The highest BCUT2D eigenvalue weighted by atomic mass is 35.5. The molecule has 11 N–H and O–H groups in total. The highest BCUT2D eigenvalue weighted by Crippen LogP contribution is 2.44. The molecule has 0 atom stereocenters. The number of H-pyrrole nitrogens is 4. The van der Waals surface area contributed by atoms with Crippen LogP contribution in [0.15, 0.2) is 160 Å². The number of anilines is 8. The highest BCUT2D eigenvalue weighted by molar-refractivity contribution is 6.32. The van der Waals surface area contributed by atoms with Crippen LogP contribution in [0.3, 0.4) is 0 Å². The van der Waals surface area contributed by atoms with E-state index >= 15 is 0 Å². The third kappa shape index (κ3) is 20.1. The Balaban J connectivity index is 0.000000121. The number of fused-ring (bicyclic) bond motifs is 7. The van der Waals surface area contributed by atoms with E-state index in [1.807, 2.05) is 116 Å². The monoisotopic (exact) mass is 1950 g/mol. The first-order valence-corrected chi connectivity index (χ1v) is 46.6. The third-order valence-electron chi connectivity index (χ3n) is 24.7. The molecule has 2 saturated heterocycles. The number of likely N-dealkylation sites (N-methyl/N-ethyl adjacent to an activating group) is 1. The fourth-order valence-electron chi connectivity index (χ4n) is 17.6. The van der Waals surface area contributed by atoms with Gasteiger partial charge in [0.25, 0.3) is 17.7 Å². The summed E-state index contributed by atoms with van der Waals surface area (Å²) in [5, 5.41) is 33.7. The molecule has 1 aliphatic carbocycles. The number of benzene rings is 6. The van der Waals surface area contributed by atoms with Crippen LogP contribution in [0.25, 0.3) is 111 Å². The van der Waals surface area contributed by atoms with Gasteiger partial charge in [-0.15, -0.1) is 0 Å². The van der Waals surface area contributed by atoms with Gasteiger partial charge in [-0.1, -0.05) is 35.9 Å². The number of oxazole rings is 2. The van der Waals surface area contributed by atoms with Gasteiger partial charge in [0.05, 0.1) is 130 Å². The Morgan fingerprint density at radius 2 is 0.951 bits per heavy atom. The number of carbonyl (C=O) groups is 3. The number of aromatic nitrogens is 18. The number of hydrogen-bond acceptors (Lipinski definition) is 32. The van der Waals surface area contributed by atoms with Gasteiger partial charge in [-0.3, -0.25) is 28.7 Å². The van der Waals surface area contributed by atoms with Gasteiger partial charge in [-0.25, -0.2) is 9.97 Å². The van der Waals surface area contributed by atoms with Crippen molar-refractivity contribution in [3.05, 3.63) is 197 Å². The summed E-state index contributed by atoms with van der Waals surface area (Å²) in [4.78, 5) is 103. The molecule has 734 valence electrons. The maximum Gasteiger partial charge on any atom is 0.251 e. The van der Waals surface area contributed by atoms with Crippen molar-refractivity contribution in [2.45, 2.75) is 91.6 Å². The van der Waals surface area contributed by atoms with E-state index < -0.39 is 0 Å². The van der Waals surface area contributed by atoms with E-state index in [-0.39, 0.29) is 35.9 Å². The van der Waals surface area contributed by atoms with Crippen molar-refractivity contribution in [2.24, 2.45) is 12.0 Å². The largest absolute Gasteiger partial charge is 0.495 e. The van der Waals surface area contributed by atoms with Gasteiger partial charge in [-0.05, 0) is 161 Å². The lowest BCUT2D eigenvalue weighted by molar-refractivity contribution is -0.00346. The Morgan fingerprint density at radius 1 is 0.490 bits per heavy atom. The quantitative estimate of drug-likeness (QED) is 0.0194. The number of methoxy groups -OCH3 is 6. The molecule has 143 heavy (non-hydrogen) atoms. The maximum atomic E-state index is 12.7. The zero-order valence-corrected chi connectivity index (χ0v) is 81.6. The number of amides is 3. The first-order chi connectivity index (χ1) is 69.5. The summed E-state index contributed by atoms with van der Waals surface area (Å²) in [6, 6.07) is 33.8. The Hall–Kier alpha value is -16.8. The molecule has 18 aromatic rings. The molecule has 42 heteroatoms. The Bertz CT molecular complexity index is 7870.